The van der Waals surface area contributed by atoms with Crippen LogP contribution < -0.4 is 42.5 Å². The first-order valence-corrected chi connectivity index (χ1v) is 31.4. The van der Waals surface area contributed by atoms with Crippen LogP contribution in [0.1, 0.15) is 138 Å². The van der Waals surface area contributed by atoms with Gasteiger partial charge in [-0.15, -0.1) is 0 Å². The maximum Gasteiger partial charge on any atom is 0.163 e. The highest BCUT2D eigenvalue weighted by Gasteiger charge is 2.25. The van der Waals surface area contributed by atoms with Gasteiger partial charge < -0.3 is 52.7 Å². The van der Waals surface area contributed by atoms with Gasteiger partial charge in [0.05, 0.1) is 30.8 Å². The molecule has 6 aromatic heterocycles. The molecule has 3 aliphatic rings. The van der Waals surface area contributed by atoms with Crippen molar-refractivity contribution in [2.45, 2.75) is 136 Å². The minimum absolute atomic E-state index is 0.211. The van der Waals surface area contributed by atoms with E-state index in [0.29, 0.717) is 43.3 Å². The van der Waals surface area contributed by atoms with Crippen molar-refractivity contribution in [3.8, 4) is 0 Å². The summed E-state index contributed by atoms with van der Waals surface area (Å²) in [4.78, 5) is 14.6. The van der Waals surface area contributed by atoms with Gasteiger partial charge in [-0.1, -0.05) is 145 Å². The Hall–Kier alpha value is -7.84. The fourth-order valence-electron chi connectivity index (χ4n) is 11.5. The predicted octanol–water partition coefficient (Wildman–Crippen LogP) is 11.2. The van der Waals surface area contributed by atoms with Crippen LogP contribution in [0.4, 0.5) is 34.9 Å². The van der Waals surface area contributed by atoms with Gasteiger partial charge in [-0.05, 0) is 92.1 Å². The fraction of sp³-hybridized carbons (Fsp3) is 0.463. The first kappa shape index (κ1) is 61.3. The number of hydrogen-bond donors (Lipinski definition) is 10. The third-order valence-electron chi connectivity index (χ3n) is 16.9. The van der Waals surface area contributed by atoms with E-state index in [4.69, 9.17) is 15.0 Å². The average molecular weight is 1170 g/mol. The van der Waals surface area contributed by atoms with Crippen molar-refractivity contribution in [3.05, 3.63) is 161 Å². The molecule has 4 atom stereocenters. The van der Waals surface area contributed by atoms with Crippen molar-refractivity contribution in [1.82, 2.24) is 54.4 Å². The Morgan fingerprint density at radius 3 is 1.20 bits per heavy atom. The molecular formula is C67H91N17O2. The summed E-state index contributed by atoms with van der Waals surface area (Å²) in [6.45, 7) is 21.4. The zero-order valence-corrected chi connectivity index (χ0v) is 51.2. The standard InChI is InChI=1S/C23H31N5O.C22H30N6O.C22H30N6/c1-16(2)19-15-26-28-22(25-13-17-8-4-3-5-9-17)12-21(27-23(19)28)24-14-18-10-6-7-11-20(18)29;1-15(2)18-13-26-28-21(25-11-16-6-4-3-5-7-16)10-20(27-22(18)28)24-12-17-8-9-23-14-19(17)29;1-16(2)19-15-26-28-21(25-14-17-6-4-3-5-7-17)12-20(27-22(19)28)24-13-18-8-10-23-11-9-18/h3-5,8-9,12,15-16,18,20,25,29H,6-7,10-11,13-14H2,1-2H3,(H,24,27);3-7,10,13,15,17,19,23,25,29H,8-9,11-12,14H2,1-2H3,(H,24,27);3-7,12,15-16,18,23,25H,8-11,13-14H2,1-2H3,(H,24,27)/t18-,20+;17-,19+;/m11./s1. The second-order valence-corrected chi connectivity index (χ2v) is 24.3. The molecule has 0 radical (unpaired) electrons. The topological polar surface area (TPSA) is 227 Å². The molecule has 0 bridgehead atoms. The molecular weight excluding hydrogens is 1070 g/mol. The molecule has 86 heavy (non-hydrogen) atoms. The number of aliphatic hydroxyl groups is 2. The summed E-state index contributed by atoms with van der Waals surface area (Å²) < 4.78 is 5.69. The number of rotatable bonds is 21. The molecule has 12 rings (SSSR count). The van der Waals surface area contributed by atoms with E-state index in [2.05, 4.69) is 154 Å². The van der Waals surface area contributed by atoms with Crippen LogP contribution in [-0.4, -0.2) is 112 Å². The SMILES string of the molecule is CC(C)c1cnn2c(NCc3ccccc3)cc(NCC3CCNCC3)nc12.CC(C)c1cnn2c(NCc3ccccc3)cc(NC[C@H]3CCCC[C@@H]3O)nc12.CC(C)c1cnn2c(NCc3ccccc3)cc(NC[C@H]3CCNC[C@@H]3O)nc12. The van der Waals surface area contributed by atoms with E-state index in [-0.39, 0.29) is 24.0 Å². The molecule has 1 aliphatic carbocycles. The van der Waals surface area contributed by atoms with E-state index in [0.717, 1.165) is 134 Å². The highest BCUT2D eigenvalue weighted by molar-refractivity contribution is 5.63. The summed E-state index contributed by atoms with van der Waals surface area (Å²) in [6.07, 6.45) is 12.9. The quantitative estimate of drug-likeness (QED) is 0.0323. The largest absolute Gasteiger partial charge is 0.393 e. The first-order chi connectivity index (χ1) is 41.9. The van der Waals surface area contributed by atoms with E-state index in [1.165, 1.54) is 41.5 Å². The van der Waals surface area contributed by atoms with Gasteiger partial charge in [0.25, 0.3) is 0 Å². The molecule has 3 fully saturated rings. The van der Waals surface area contributed by atoms with Crippen molar-refractivity contribution < 1.29 is 10.2 Å². The molecule has 2 aliphatic heterocycles. The number of nitrogens with zero attached hydrogens (tertiary/aromatic N) is 9. The monoisotopic (exact) mass is 1170 g/mol. The molecule has 10 N–H and O–H groups in total. The van der Waals surface area contributed by atoms with Gasteiger partial charge in [0.15, 0.2) is 16.9 Å². The molecule has 0 unspecified atom stereocenters. The third kappa shape index (κ3) is 16.2. The Morgan fingerprint density at radius 1 is 0.442 bits per heavy atom. The Morgan fingerprint density at radius 2 is 0.814 bits per heavy atom. The van der Waals surface area contributed by atoms with Crippen LogP contribution in [-0.2, 0) is 19.6 Å². The number of piperidine rings is 2. The van der Waals surface area contributed by atoms with E-state index in [1.54, 1.807) is 0 Å². The highest BCUT2D eigenvalue weighted by Crippen LogP contribution is 2.30. The highest BCUT2D eigenvalue weighted by atomic mass is 16.3. The minimum Gasteiger partial charge on any atom is -0.393 e. The van der Waals surface area contributed by atoms with Crippen LogP contribution >= 0.6 is 0 Å². The number of benzene rings is 3. The zero-order chi connectivity index (χ0) is 59.8. The third-order valence-corrected chi connectivity index (χ3v) is 16.9. The van der Waals surface area contributed by atoms with Gasteiger partial charge in [0.2, 0.25) is 0 Å². The number of anilines is 6. The lowest BCUT2D eigenvalue weighted by Gasteiger charge is -2.28. The van der Waals surface area contributed by atoms with E-state index >= 15 is 0 Å². The van der Waals surface area contributed by atoms with Gasteiger partial charge in [-0.3, -0.25) is 0 Å². The summed E-state index contributed by atoms with van der Waals surface area (Å²) in [5.41, 5.74) is 9.78. The number of β-amino-alcohol motifs (C(OH)–C–C–N with tert-alkyl or cyclic N) is 1. The molecule has 456 valence electrons. The maximum absolute atomic E-state index is 10.3. The number of fused-ring (bicyclic) bond motifs is 3. The summed E-state index contributed by atoms with van der Waals surface area (Å²) >= 11 is 0. The molecule has 8 heterocycles. The lowest BCUT2D eigenvalue weighted by Crippen LogP contribution is -2.43. The summed E-state index contributed by atoms with van der Waals surface area (Å²) in [5.74, 6) is 7.62. The van der Waals surface area contributed by atoms with Gasteiger partial charge >= 0.3 is 0 Å². The van der Waals surface area contributed by atoms with Crippen molar-refractivity contribution >= 4 is 51.8 Å². The Balaban J connectivity index is 0.000000143. The predicted molar refractivity (Wildman–Crippen MR) is 349 cm³/mol. The van der Waals surface area contributed by atoms with E-state index < -0.39 is 0 Å². The fourth-order valence-corrected chi connectivity index (χ4v) is 11.5. The Bertz CT molecular complexity index is 3350. The number of nitrogens with one attached hydrogen (secondary N) is 8. The molecule has 3 aromatic carbocycles. The number of aliphatic hydroxyl groups excluding tert-OH is 2. The summed E-state index contributed by atoms with van der Waals surface area (Å²) in [6, 6.07) is 37.2. The first-order valence-electron chi connectivity index (χ1n) is 31.4. The number of aromatic nitrogens is 9. The lowest BCUT2D eigenvalue weighted by molar-refractivity contribution is 0.0763. The normalized spacial score (nSPS) is 18.2. The molecule has 9 aromatic rings. The van der Waals surface area contributed by atoms with Crippen molar-refractivity contribution in [2.75, 3.05) is 77.7 Å². The van der Waals surface area contributed by atoms with Gasteiger partial charge in [0, 0.05) is 92.5 Å². The smallest absolute Gasteiger partial charge is 0.163 e. The molecule has 0 amide bonds. The van der Waals surface area contributed by atoms with Gasteiger partial charge in [-0.2, -0.15) is 28.8 Å². The second kappa shape index (κ2) is 30.0. The van der Waals surface area contributed by atoms with Crippen molar-refractivity contribution in [1.29, 1.82) is 0 Å². The molecule has 1 saturated carbocycles. The minimum atomic E-state index is -0.322. The molecule has 2 saturated heterocycles. The zero-order valence-electron chi connectivity index (χ0n) is 51.2. The van der Waals surface area contributed by atoms with Crippen LogP contribution in [0.25, 0.3) is 16.9 Å². The van der Waals surface area contributed by atoms with Gasteiger partial charge in [-0.25, -0.2) is 15.0 Å². The molecule has 19 nitrogen and oxygen atoms in total. The van der Waals surface area contributed by atoms with E-state index in [9.17, 15) is 10.2 Å². The molecule has 19 heteroatoms. The van der Waals surface area contributed by atoms with Crippen LogP contribution in [0.3, 0.4) is 0 Å². The summed E-state index contributed by atoms with van der Waals surface area (Å²) in [5, 5.41) is 62.0. The Labute approximate surface area is 507 Å². The lowest BCUT2D eigenvalue weighted by atomic mass is 9.86. The Kier molecular flexibility index (Phi) is 21.4. The maximum atomic E-state index is 10.3. The van der Waals surface area contributed by atoms with E-state index in [1.807, 2.05) is 86.7 Å². The van der Waals surface area contributed by atoms with Crippen LogP contribution in [0.2, 0.25) is 0 Å². The van der Waals surface area contributed by atoms with Crippen LogP contribution in [0.15, 0.2) is 128 Å². The molecule has 0 spiro atoms. The number of hydrogen-bond acceptors (Lipinski definition) is 16. The second-order valence-electron chi connectivity index (χ2n) is 24.3. The average Bonchev–Trinajstić information content (AvgIpc) is 2.32. The van der Waals surface area contributed by atoms with Crippen LogP contribution in [0.5, 0.6) is 0 Å². The van der Waals surface area contributed by atoms with Crippen LogP contribution in [0, 0.1) is 17.8 Å². The summed E-state index contributed by atoms with van der Waals surface area (Å²) in [7, 11) is 0. The van der Waals surface area contributed by atoms with Crippen molar-refractivity contribution in [2.24, 2.45) is 17.8 Å². The van der Waals surface area contributed by atoms with Gasteiger partial charge in [0.1, 0.15) is 34.9 Å². The van der Waals surface area contributed by atoms with Crippen molar-refractivity contribution in [3.63, 3.8) is 0 Å².